The van der Waals surface area contributed by atoms with E-state index in [9.17, 15) is 4.79 Å². The average Bonchev–Trinajstić information content (AvgIpc) is 2.03. The minimum Gasteiger partial charge on any atom is -0.343 e. The number of rotatable bonds is 6. The first-order chi connectivity index (χ1) is 6.47. The fraction of sp³-hybridized carbons (Fsp3) is 0.917. The maximum absolute atomic E-state index is 11.7. The van der Waals surface area contributed by atoms with Crippen LogP contribution in [0.2, 0.25) is 0 Å². The normalized spacial score (nSPS) is 11.1. The fourth-order valence-electron chi connectivity index (χ4n) is 1.35. The summed E-state index contributed by atoms with van der Waals surface area (Å²) in [6, 6.07) is 0. The number of nitrogens with zero attached hydrogens (tertiary/aromatic N) is 1. The Hall–Kier alpha value is -0.530. The van der Waals surface area contributed by atoms with Crippen LogP contribution in [-0.2, 0) is 4.79 Å². The van der Waals surface area contributed by atoms with Gasteiger partial charge in [-0.25, -0.2) is 0 Å². The van der Waals surface area contributed by atoms with E-state index in [0.717, 1.165) is 19.5 Å². The van der Waals surface area contributed by atoms with Crippen molar-refractivity contribution in [2.75, 3.05) is 13.1 Å². The predicted octanol–water partition coefficient (Wildman–Crippen LogP) is 2.93. The molecule has 0 N–H and O–H groups in total. The van der Waals surface area contributed by atoms with Gasteiger partial charge >= 0.3 is 0 Å². The highest BCUT2D eigenvalue weighted by molar-refractivity contribution is 5.76. The second-order valence-electron chi connectivity index (χ2n) is 4.75. The van der Waals surface area contributed by atoms with Crippen LogP contribution in [0.3, 0.4) is 0 Å². The van der Waals surface area contributed by atoms with Crippen molar-refractivity contribution >= 4 is 5.91 Å². The van der Waals surface area contributed by atoms with Crippen molar-refractivity contribution in [2.24, 2.45) is 11.8 Å². The summed E-state index contributed by atoms with van der Waals surface area (Å²) in [5.41, 5.74) is 0. The Morgan fingerprint density at radius 1 is 1.14 bits per heavy atom. The van der Waals surface area contributed by atoms with Gasteiger partial charge in [0.2, 0.25) is 5.91 Å². The van der Waals surface area contributed by atoms with Gasteiger partial charge < -0.3 is 4.90 Å². The van der Waals surface area contributed by atoms with E-state index in [2.05, 4.69) is 34.6 Å². The molecule has 0 fully saturated rings. The van der Waals surface area contributed by atoms with Crippen LogP contribution in [0.4, 0.5) is 0 Å². The molecule has 0 aliphatic rings. The van der Waals surface area contributed by atoms with Gasteiger partial charge in [0.15, 0.2) is 0 Å². The maximum atomic E-state index is 11.7. The number of amides is 1. The molecule has 0 heterocycles. The van der Waals surface area contributed by atoms with Crippen LogP contribution in [0.5, 0.6) is 0 Å². The molecule has 0 bridgehead atoms. The predicted molar refractivity (Wildman–Crippen MR) is 61.2 cm³/mol. The lowest BCUT2D eigenvalue weighted by Gasteiger charge is -2.22. The monoisotopic (exact) mass is 199 g/mol. The standard InChI is InChI=1S/C12H25NO/c1-6-13(8-7-10(2)3)12(14)9-11(4)5/h10-11H,6-9H2,1-5H3. The molecule has 0 aromatic carbocycles. The molecule has 0 unspecified atom stereocenters. The second-order valence-corrected chi connectivity index (χ2v) is 4.75. The summed E-state index contributed by atoms with van der Waals surface area (Å²) in [6.45, 7) is 12.4. The molecule has 0 radical (unpaired) electrons. The fourth-order valence-corrected chi connectivity index (χ4v) is 1.35. The van der Waals surface area contributed by atoms with Gasteiger partial charge in [-0.3, -0.25) is 4.79 Å². The maximum Gasteiger partial charge on any atom is 0.222 e. The highest BCUT2D eigenvalue weighted by Gasteiger charge is 2.12. The molecule has 0 rings (SSSR count). The third-order valence-electron chi connectivity index (χ3n) is 2.29. The van der Waals surface area contributed by atoms with Crippen LogP contribution in [-0.4, -0.2) is 23.9 Å². The Kier molecular flexibility index (Phi) is 6.60. The zero-order chi connectivity index (χ0) is 11.1. The lowest BCUT2D eigenvalue weighted by molar-refractivity contribution is -0.131. The Labute approximate surface area is 88.7 Å². The quantitative estimate of drug-likeness (QED) is 0.644. The molecule has 0 aliphatic heterocycles. The highest BCUT2D eigenvalue weighted by Crippen LogP contribution is 2.07. The second kappa shape index (κ2) is 6.86. The Balaban J connectivity index is 3.93. The molecule has 0 aromatic rings. The number of hydrogen-bond acceptors (Lipinski definition) is 1. The van der Waals surface area contributed by atoms with E-state index in [1.54, 1.807) is 0 Å². The lowest BCUT2D eigenvalue weighted by atomic mass is 10.1. The number of carbonyl (C=O) groups excluding carboxylic acids is 1. The van der Waals surface area contributed by atoms with Crippen molar-refractivity contribution in [1.82, 2.24) is 4.90 Å². The van der Waals surface area contributed by atoms with E-state index in [1.807, 2.05) is 4.90 Å². The van der Waals surface area contributed by atoms with Gasteiger partial charge in [-0.15, -0.1) is 0 Å². The Morgan fingerprint density at radius 3 is 2.07 bits per heavy atom. The topological polar surface area (TPSA) is 20.3 Å². The summed E-state index contributed by atoms with van der Waals surface area (Å²) in [4.78, 5) is 13.7. The summed E-state index contributed by atoms with van der Waals surface area (Å²) in [6.07, 6.45) is 1.80. The third kappa shape index (κ3) is 6.01. The Morgan fingerprint density at radius 2 is 1.71 bits per heavy atom. The highest BCUT2D eigenvalue weighted by atomic mass is 16.2. The van der Waals surface area contributed by atoms with Crippen LogP contribution in [0.15, 0.2) is 0 Å². The first kappa shape index (κ1) is 13.5. The summed E-state index contributed by atoms with van der Waals surface area (Å²) in [5.74, 6) is 1.45. The minimum atomic E-state index is 0.308. The lowest BCUT2D eigenvalue weighted by Crippen LogP contribution is -2.33. The molecular weight excluding hydrogens is 174 g/mol. The van der Waals surface area contributed by atoms with Crippen molar-refractivity contribution in [1.29, 1.82) is 0 Å². The summed E-state index contributed by atoms with van der Waals surface area (Å²) in [7, 11) is 0. The van der Waals surface area contributed by atoms with E-state index >= 15 is 0 Å². The zero-order valence-electron chi connectivity index (χ0n) is 10.3. The van der Waals surface area contributed by atoms with Crippen LogP contribution < -0.4 is 0 Å². The van der Waals surface area contributed by atoms with Gasteiger partial charge in [0.25, 0.3) is 0 Å². The average molecular weight is 199 g/mol. The van der Waals surface area contributed by atoms with E-state index in [0.29, 0.717) is 24.2 Å². The van der Waals surface area contributed by atoms with E-state index in [-0.39, 0.29) is 0 Å². The zero-order valence-corrected chi connectivity index (χ0v) is 10.3. The van der Waals surface area contributed by atoms with Crippen molar-refractivity contribution in [3.8, 4) is 0 Å². The van der Waals surface area contributed by atoms with Crippen LogP contribution in [0.25, 0.3) is 0 Å². The molecular formula is C12H25NO. The molecule has 2 nitrogen and oxygen atoms in total. The number of carbonyl (C=O) groups is 1. The molecule has 0 saturated heterocycles. The van der Waals surface area contributed by atoms with Gasteiger partial charge in [0.1, 0.15) is 0 Å². The SMILES string of the molecule is CCN(CCC(C)C)C(=O)CC(C)C. The van der Waals surface area contributed by atoms with Crippen LogP contribution >= 0.6 is 0 Å². The molecule has 0 atom stereocenters. The van der Waals surface area contributed by atoms with Gasteiger partial charge in [-0.2, -0.15) is 0 Å². The molecule has 14 heavy (non-hydrogen) atoms. The first-order valence-electron chi connectivity index (χ1n) is 5.75. The smallest absolute Gasteiger partial charge is 0.222 e. The summed E-state index contributed by atoms with van der Waals surface area (Å²) < 4.78 is 0. The largest absolute Gasteiger partial charge is 0.343 e. The Bertz CT molecular complexity index is 164. The van der Waals surface area contributed by atoms with Gasteiger partial charge in [0.05, 0.1) is 0 Å². The van der Waals surface area contributed by atoms with E-state index in [1.165, 1.54) is 0 Å². The molecule has 0 aliphatic carbocycles. The van der Waals surface area contributed by atoms with Crippen molar-refractivity contribution in [3.63, 3.8) is 0 Å². The van der Waals surface area contributed by atoms with Crippen molar-refractivity contribution < 1.29 is 4.79 Å². The summed E-state index contributed by atoms with van der Waals surface area (Å²) >= 11 is 0. The van der Waals surface area contributed by atoms with E-state index < -0.39 is 0 Å². The molecule has 0 spiro atoms. The van der Waals surface area contributed by atoms with Gasteiger partial charge in [-0.05, 0) is 25.2 Å². The molecule has 1 amide bonds. The summed E-state index contributed by atoms with van der Waals surface area (Å²) in [5, 5.41) is 0. The number of hydrogen-bond donors (Lipinski definition) is 0. The van der Waals surface area contributed by atoms with Crippen molar-refractivity contribution in [3.05, 3.63) is 0 Å². The van der Waals surface area contributed by atoms with Crippen LogP contribution in [0.1, 0.15) is 47.5 Å². The van der Waals surface area contributed by atoms with Gasteiger partial charge in [-0.1, -0.05) is 27.7 Å². The molecule has 0 aromatic heterocycles. The first-order valence-corrected chi connectivity index (χ1v) is 5.75. The van der Waals surface area contributed by atoms with Crippen LogP contribution in [0, 0.1) is 11.8 Å². The minimum absolute atomic E-state index is 0.308. The molecule has 84 valence electrons. The van der Waals surface area contributed by atoms with Gasteiger partial charge in [0, 0.05) is 19.5 Å². The third-order valence-corrected chi connectivity index (χ3v) is 2.29. The molecule has 0 saturated carbocycles. The van der Waals surface area contributed by atoms with E-state index in [4.69, 9.17) is 0 Å². The molecule has 2 heteroatoms. The van der Waals surface area contributed by atoms with Crippen molar-refractivity contribution in [2.45, 2.75) is 47.5 Å².